The lowest BCUT2D eigenvalue weighted by Gasteiger charge is -2.11. The average Bonchev–Trinajstić information content (AvgIpc) is 2.52. The average molecular weight is 360 g/mol. The van der Waals surface area contributed by atoms with Crippen LogP contribution in [0, 0.1) is 0 Å². The molecular formula is C18H18ClN3O3. The molecule has 0 aliphatic carbocycles. The van der Waals surface area contributed by atoms with Crippen molar-refractivity contribution in [2.24, 2.45) is 0 Å². The molecule has 0 aromatic heterocycles. The van der Waals surface area contributed by atoms with Crippen molar-refractivity contribution < 1.29 is 14.4 Å². The van der Waals surface area contributed by atoms with Gasteiger partial charge in [0.2, 0.25) is 11.8 Å². The summed E-state index contributed by atoms with van der Waals surface area (Å²) >= 11 is 6.07. The molecule has 0 heterocycles. The summed E-state index contributed by atoms with van der Waals surface area (Å²) in [6.45, 7) is 2.99. The molecule has 3 amide bonds. The molecule has 2 aromatic rings. The molecule has 25 heavy (non-hydrogen) atoms. The number of nitrogens with one attached hydrogen (secondary N) is 3. The third-order valence-electron chi connectivity index (χ3n) is 3.23. The molecule has 6 nitrogen and oxygen atoms in total. The molecule has 0 saturated carbocycles. The summed E-state index contributed by atoms with van der Waals surface area (Å²) in [5.41, 5.74) is 1.93. The highest BCUT2D eigenvalue weighted by Crippen LogP contribution is 2.20. The summed E-state index contributed by atoms with van der Waals surface area (Å²) in [6.07, 6.45) is 0. The molecule has 0 unspecified atom stereocenters. The number of anilines is 2. The minimum absolute atomic E-state index is 0.262. The number of hydrogen-bond donors (Lipinski definition) is 3. The number of halogens is 1. The van der Waals surface area contributed by atoms with E-state index in [1.54, 1.807) is 12.1 Å². The van der Waals surface area contributed by atoms with Crippen LogP contribution in [0.25, 0.3) is 0 Å². The van der Waals surface area contributed by atoms with Crippen molar-refractivity contribution in [3.8, 4) is 0 Å². The van der Waals surface area contributed by atoms with Crippen LogP contribution < -0.4 is 16.0 Å². The summed E-state index contributed by atoms with van der Waals surface area (Å²) in [5, 5.41) is 8.54. The van der Waals surface area contributed by atoms with Gasteiger partial charge in [0, 0.05) is 42.4 Å². The SMILES string of the molecule is CC(=O)Nc1cc(NC(C)=O)cc(C(=O)NCc2ccccc2Cl)c1. The second-order valence-corrected chi connectivity index (χ2v) is 5.84. The topological polar surface area (TPSA) is 87.3 Å². The standard InChI is InChI=1S/C18H18ClN3O3/c1-11(23)21-15-7-14(8-16(9-15)22-12(2)24)18(25)20-10-13-5-3-4-6-17(13)19/h3-9H,10H2,1-2H3,(H,20,25)(H,21,23)(H,22,24). The zero-order chi connectivity index (χ0) is 18.4. The molecule has 0 bridgehead atoms. The minimum Gasteiger partial charge on any atom is -0.348 e. The Morgan fingerprint density at radius 1 is 0.920 bits per heavy atom. The minimum atomic E-state index is -0.348. The molecule has 0 spiro atoms. The maximum atomic E-state index is 12.4. The van der Waals surface area contributed by atoms with Crippen molar-refractivity contribution in [3.05, 3.63) is 58.6 Å². The predicted molar refractivity (Wildman–Crippen MR) is 97.7 cm³/mol. The van der Waals surface area contributed by atoms with Gasteiger partial charge in [-0.2, -0.15) is 0 Å². The first-order chi connectivity index (χ1) is 11.8. The first-order valence-electron chi connectivity index (χ1n) is 7.57. The summed E-state index contributed by atoms with van der Waals surface area (Å²) < 4.78 is 0. The summed E-state index contributed by atoms with van der Waals surface area (Å²) in [4.78, 5) is 35.0. The fraction of sp³-hybridized carbons (Fsp3) is 0.167. The Kier molecular flexibility index (Phi) is 6.14. The molecule has 2 aromatic carbocycles. The zero-order valence-corrected chi connectivity index (χ0v) is 14.6. The van der Waals surface area contributed by atoms with E-state index in [0.29, 0.717) is 22.0 Å². The molecule has 0 saturated heterocycles. The van der Waals surface area contributed by atoms with Crippen LogP contribution in [-0.2, 0) is 16.1 Å². The highest BCUT2D eigenvalue weighted by Gasteiger charge is 2.11. The lowest BCUT2D eigenvalue weighted by Crippen LogP contribution is -2.23. The molecular weight excluding hydrogens is 342 g/mol. The van der Waals surface area contributed by atoms with Gasteiger partial charge in [0.1, 0.15) is 0 Å². The third kappa shape index (κ3) is 5.61. The van der Waals surface area contributed by atoms with Crippen molar-refractivity contribution in [1.82, 2.24) is 5.32 Å². The smallest absolute Gasteiger partial charge is 0.251 e. The Labute approximate surface area is 150 Å². The van der Waals surface area contributed by atoms with Crippen molar-refractivity contribution in [2.45, 2.75) is 20.4 Å². The first kappa shape index (κ1) is 18.5. The van der Waals surface area contributed by atoms with E-state index in [2.05, 4.69) is 16.0 Å². The fourth-order valence-corrected chi connectivity index (χ4v) is 2.43. The molecule has 0 atom stereocenters. The Morgan fingerprint density at radius 3 is 2.00 bits per heavy atom. The first-order valence-corrected chi connectivity index (χ1v) is 7.95. The van der Waals surface area contributed by atoms with Gasteiger partial charge in [0.25, 0.3) is 5.91 Å². The van der Waals surface area contributed by atoms with Gasteiger partial charge in [0.05, 0.1) is 0 Å². The molecule has 0 fully saturated rings. The van der Waals surface area contributed by atoms with Crippen molar-refractivity contribution in [3.63, 3.8) is 0 Å². The maximum Gasteiger partial charge on any atom is 0.251 e. The van der Waals surface area contributed by atoms with Gasteiger partial charge in [-0.15, -0.1) is 0 Å². The number of benzene rings is 2. The van der Waals surface area contributed by atoms with Gasteiger partial charge >= 0.3 is 0 Å². The zero-order valence-electron chi connectivity index (χ0n) is 13.9. The van der Waals surface area contributed by atoms with Gasteiger partial charge in [-0.3, -0.25) is 14.4 Å². The number of carbonyl (C=O) groups is 3. The fourth-order valence-electron chi connectivity index (χ4n) is 2.23. The normalized spacial score (nSPS) is 10.0. The van der Waals surface area contributed by atoms with E-state index in [4.69, 9.17) is 11.6 Å². The lowest BCUT2D eigenvalue weighted by molar-refractivity contribution is -0.115. The van der Waals surface area contributed by atoms with Gasteiger partial charge in [0.15, 0.2) is 0 Å². The van der Waals surface area contributed by atoms with Crippen LogP contribution in [0.3, 0.4) is 0 Å². The summed E-state index contributed by atoms with van der Waals surface area (Å²) in [5.74, 6) is -0.900. The molecule has 2 rings (SSSR count). The lowest BCUT2D eigenvalue weighted by atomic mass is 10.1. The Morgan fingerprint density at radius 2 is 1.48 bits per heavy atom. The molecule has 0 aliphatic heterocycles. The second-order valence-electron chi connectivity index (χ2n) is 5.44. The van der Waals surface area contributed by atoms with Crippen LogP contribution in [0.2, 0.25) is 5.02 Å². The summed E-state index contributed by atoms with van der Waals surface area (Å²) in [6, 6.07) is 11.9. The highest BCUT2D eigenvalue weighted by atomic mass is 35.5. The Hall–Kier alpha value is -2.86. The van der Waals surface area contributed by atoms with Crippen LogP contribution in [0.15, 0.2) is 42.5 Å². The number of rotatable bonds is 5. The number of amides is 3. The molecule has 0 radical (unpaired) electrons. The van der Waals surface area contributed by atoms with Gasteiger partial charge in [-0.25, -0.2) is 0 Å². The molecule has 3 N–H and O–H groups in total. The summed E-state index contributed by atoms with van der Waals surface area (Å²) in [7, 11) is 0. The van der Waals surface area contributed by atoms with Crippen molar-refractivity contribution in [1.29, 1.82) is 0 Å². The van der Waals surface area contributed by atoms with E-state index in [1.807, 2.05) is 18.2 Å². The van der Waals surface area contributed by atoms with E-state index < -0.39 is 0 Å². The van der Waals surface area contributed by atoms with Crippen molar-refractivity contribution >= 4 is 40.7 Å². The molecule has 130 valence electrons. The van der Waals surface area contributed by atoms with Crippen LogP contribution in [0.1, 0.15) is 29.8 Å². The van der Waals surface area contributed by atoms with E-state index in [-0.39, 0.29) is 24.3 Å². The van der Waals surface area contributed by atoms with Crippen LogP contribution in [0.4, 0.5) is 11.4 Å². The number of carbonyl (C=O) groups excluding carboxylic acids is 3. The van der Waals surface area contributed by atoms with Gasteiger partial charge < -0.3 is 16.0 Å². The van der Waals surface area contributed by atoms with Crippen molar-refractivity contribution in [2.75, 3.05) is 10.6 Å². The molecule has 7 heteroatoms. The second kappa shape index (κ2) is 8.30. The van der Waals surface area contributed by atoms with Crippen LogP contribution >= 0.6 is 11.6 Å². The quantitative estimate of drug-likeness (QED) is 0.766. The maximum absolute atomic E-state index is 12.4. The van der Waals surface area contributed by atoms with E-state index >= 15 is 0 Å². The van der Waals surface area contributed by atoms with E-state index in [1.165, 1.54) is 26.0 Å². The van der Waals surface area contributed by atoms with Gasteiger partial charge in [-0.1, -0.05) is 29.8 Å². The van der Waals surface area contributed by atoms with E-state index in [9.17, 15) is 14.4 Å². The monoisotopic (exact) mass is 359 g/mol. The van der Waals surface area contributed by atoms with Crippen LogP contribution in [-0.4, -0.2) is 17.7 Å². The van der Waals surface area contributed by atoms with Crippen LogP contribution in [0.5, 0.6) is 0 Å². The van der Waals surface area contributed by atoms with E-state index in [0.717, 1.165) is 5.56 Å². The highest BCUT2D eigenvalue weighted by molar-refractivity contribution is 6.31. The Bertz CT molecular complexity index is 787. The largest absolute Gasteiger partial charge is 0.348 e. The number of hydrogen-bond acceptors (Lipinski definition) is 3. The van der Waals surface area contributed by atoms with Gasteiger partial charge in [-0.05, 0) is 29.8 Å². The third-order valence-corrected chi connectivity index (χ3v) is 3.60. The molecule has 0 aliphatic rings. The predicted octanol–water partition coefficient (Wildman–Crippen LogP) is 3.19. The Balaban J connectivity index is 2.20.